The first-order valence-corrected chi connectivity index (χ1v) is 4.98. The quantitative estimate of drug-likeness (QED) is 0.670. The van der Waals surface area contributed by atoms with Gasteiger partial charge in [0.1, 0.15) is 6.54 Å². The van der Waals surface area contributed by atoms with E-state index in [2.05, 4.69) is 0 Å². The van der Waals surface area contributed by atoms with Gasteiger partial charge in [0.05, 0.1) is 0 Å². The average molecular weight is 239 g/mol. The van der Waals surface area contributed by atoms with E-state index in [4.69, 9.17) is 10.2 Å². The van der Waals surface area contributed by atoms with Gasteiger partial charge in [-0.2, -0.15) is 0 Å². The summed E-state index contributed by atoms with van der Waals surface area (Å²) in [6.07, 6.45) is 0. The molecular weight excluding hydrogens is 226 g/mol. The number of carbonyl (C=O) groups is 2. The molecule has 6 nitrogen and oxygen atoms in total. The Kier molecular flexibility index (Phi) is 3.92. The Labute approximate surface area is 97.7 Å². The first-order chi connectivity index (χ1) is 7.95. The maximum Gasteiger partial charge on any atom is 0.323 e. The van der Waals surface area contributed by atoms with Gasteiger partial charge in [-0.1, -0.05) is 0 Å². The van der Waals surface area contributed by atoms with Gasteiger partial charge in [-0.05, 0) is 25.1 Å². The second kappa shape index (κ2) is 5.20. The highest BCUT2D eigenvalue weighted by Crippen LogP contribution is 2.25. The number of nitrogens with zero attached hydrogens (tertiary/aromatic N) is 1. The van der Waals surface area contributed by atoms with Gasteiger partial charge < -0.3 is 20.2 Å². The number of rotatable bonds is 4. The van der Waals surface area contributed by atoms with E-state index in [1.165, 1.54) is 12.1 Å². The number of hydrogen-bond acceptors (Lipinski definition) is 4. The molecule has 0 radical (unpaired) electrons. The first kappa shape index (κ1) is 12.8. The molecule has 0 aliphatic rings. The molecule has 0 saturated carbocycles. The summed E-state index contributed by atoms with van der Waals surface area (Å²) in [5, 5.41) is 27.0. The van der Waals surface area contributed by atoms with Gasteiger partial charge in [0.2, 0.25) is 0 Å². The molecule has 0 atom stereocenters. The molecule has 1 amide bonds. The van der Waals surface area contributed by atoms with Crippen molar-refractivity contribution in [2.75, 3.05) is 13.1 Å². The minimum absolute atomic E-state index is 0.128. The third kappa shape index (κ3) is 3.10. The highest BCUT2D eigenvalue weighted by molar-refractivity contribution is 5.96. The Morgan fingerprint density at radius 2 is 1.88 bits per heavy atom. The fraction of sp³-hybridized carbons (Fsp3) is 0.273. The summed E-state index contributed by atoms with van der Waals surface area (Å²) in [4.78, 5) is 23.5. The molecule has 0 heterocycles. The Bertz CT molecular complexity index is 443. The lowest BCUT2D eigenvalue weighted by atomic mass is 10.1. The van der Waals surface area contributed by atoms with Gasteiger partial charge in [0, 0.05) is 12.1 Å². The van der Waals surface area contributed by atoms with Crippen LogP contribution in [0, 0.1) is 0 Å². The number of aliphatic carboxylic acids is 1. The van der Waals surface area contributed by atoms with Crippen molar-refractivity contribution in [1.82, 2.24) is 4.90 Å². The number of likely N-dealkylation sites (N-methyl/N-ethyl adjacent to an activating group) is 1. The van der Waals surface area contributed by atoms with Crippen molar-refractivity contribution in [2.45, 2.75) is 6.92 Å². The fourth-order valence-corrected chi connectivity index (χ4v) is 1.33. The van der Waals surface area contributed by atoms with E-state index in [1.807, 2.05) is 0 Å². The molecule has 6 heteroatoms. The second-order valence-electron chi connectivity index (χ2n) is 3.42. The van der Waals surface area contributed by atoms with Crippen molar-refractivity contribution >= 4 is 11.9 Å². The molecule has 3 N–H and O–H groups in total. The number of hydrogen-bond donors (Lipinski definition) is 3. The number of benzene rings is 1. The Morgan fingerprint density at radius 1 is 1.24 bits per heavy atom. The van der Waals surface area contributed by atoms with E-state index in [-0.39, 0.29) is 17.9 Å². The van der Waals surface area contributed by atoms with Crippen LogP contribution in [0.3, 0.4) is 0 Å². The minimum atomic E-state index is -1.11. The monoisotopic (exact) mass is 239 g/mol. The lowest BCUT2D eigenvalue weighted by Crippen LogP contribution is -2.35. The number of phenols is 2. The largest absolute Gasteiger partial charge is 0.504 e. The molecule has 0 bridgehead atoms. The zero-order valence-electron chi connectivity index (χ0n) is 9.25. The third-order valence-corrected chi connectivity index (χ3v) is 2.22. The Balaban J connectivity index is 2.93. The summed E-state index contributed by atoms with van der Waals surface area (Å²) in [5.41, 5.74) is 0.128. The summed E-state index contributed by atoms with van der Waals surface area (Å²) < 4.78 is 0. The van der Waals surface area contributed by atoms with Crippen molar-refractivity contribution in [2.24, 2.45) is 0 Å². The molecule has 1 aromatic rings. The fourth-order valence-electron chi connectivity index (χ4n) is 1.33. The van der Waals surface area contributed by atoms with Crippen LogP contribution < -0.4 is 0 Å². The molecule has 0 aliphatic heterocycles. The maximum atomic E-state index is 11.8. The van der Waals surface area contributed by atoms with Gasteiger partial charge in [-0.3, -0.25) is 9.59 Å². The standard InChI is InChI=1S/C11H13NO5/c1-2-12(6-10(15)16)11(17)7-3-4-8(13)9(14)5-7/h3-5,13-14H,2,6H2,1H3,(H,15,16). The maximum absolute atomic E-state index is 11.8. The molecule has 0 aromatic heterocycles. The number of amides is 1. The number of phenolic OH excluding ortho intramolecular Hbond substituents is 2. The zero-order chi connectivity index (χ0) is 13.0. The smallest absolute Gasteiger partial charge is 0.323 e. The Morgan fingerprint density at radius 3 is 2.35 bits per heavy atom. The van der Waals surface area contributed by atoms with Gasteiger partial charge in [-0.15, -0.1) is 0 Å². The highest BCUT2D eigenvalue weighted by Gasteiger charge is 2.17. The summed E-state index contributed by atoms with van der Waals surface area (Å²) in [6, 6.07) is 3.60. The van der Waals surface area contributed by atoms with Crippen LogP contribution in [0.2, 0.25) is 0 Å². The number of aromatic hydroxyl groups is 2. The second-order valence-corrected chi connectivity index (χ2v) is 3.42. The lowest BCUT2D eigenvalue weighted by molar-refractivity contribution is -0.137. The summed E-state index contributed by atoms with van der Waals surface area (Å²) in [6.45, 7) is 1.49. The SMILES string of the molecule is CCN(CC(=O)O)C(=O)c1ccc(O)c(O)c1. The van der Waals surface area contributed by atoms with Crippen molar-refractivity contribution in [3.05, 3.63) is 23.8 Å². The molecule has 1 aromatic carbocycles. The first-order valence-electron chi connectivity index (χ1n) is 4.98. The molecule has 0 fully saturated rings. The summed E-state index contributed by atoms with van der Waals surface area (Å²) in [7, 11) is 0. The van der Waals surface area contributed by atoms with Crippen LogP contribution in [0.1, 0.15) is 17.3 Å². The highest BCUT2D eigenvalue weighted by atomic mass is 16.4. The summed E-state index contributed by atoms with van der Waals surface area (Å²) >= 11 is 0. The molecule has 0 saturated heterocycles. The van der Waals surface area contributed by atoms with E-state index in [0.717, 1.165) is 11.0 Å². The normalized spacial score (nSPS) is 9.94. The van der Waals surface area contributed by atoms with Gasteiger partial charge in [-0.25, -0.2) is 0 Å². The zero-order valence-corrected chi connectivity index (χ0v) is 9.25. The lowest BCUT2D eigenvalue weighted by Gasteiger charge is -2.18. The van der Waals surface area contributed by atoms with Crippen molar-refractivity contribution in [3.8, 4) is 11.5 Å². The van der Waals surface area contributed by atoms with Crippen molar-refractivity contribution < 1.29 is 24.9 Å². The molecule has 0 aliphatic carbocycles. The predicted molar refractivity (Wildman–Crippen MR) is 59.0 cm³/mol. The number of carboxylic acids is 1. The summed E-state index contributed by atoms with van der Waals surface area (Å²) in [5.74, 6) is -2.36. The molecular formula is C11H13NO5. The van der Waals surface area contributed by atoms with Gasteiger partial charge in [0.25, 0.3) is 5.91 Å². The van der Waals surface area contributed by atoms with E-state index < -0.39 is 24.2 Å². The van der Waals surface area contributed by atoms with Crippen LogP contribution in [0.15, 0.2) is 18.2 Å². The molecule has 0 unspecified atom stereocenters. The van der Waals surface area contributed by atoms with Crippen LogP contribution in [-0.2, 0) is 4.79 Å². The Hall–Kier alpha value is -2.24. The van der Waals surface area contributed by atoms with E-state index in [1.54, 1.807) is 6.92 Å². The number of carboxylic acid groups (broad SMARTS) is 1. The topological polar surface area (TPSA) is 98.1 Å². The third-order valence-electron chi connectivity index (χ3n) is 2.22. The van der Waals surface area contributed by atoms with E-state index in [0.29, 0.717) is 0 Å². The van der Waals surface area contributed by atoms with Crippen LogP contribution in [0.25, 0.3) is 0 Å². The van der Waals surface area contributed by atoms with Gasteiger partial charge >= 0.3 is 5.97 Å². The van der Waals surface area contributed by atoms with Crippen molar-refractivity contribution in [3.63, 3.8) is 0 Å². The minimum Gasteiger partial charge on any atom is -0.504 e. The van der Waals surface area contributed by atoms with E-state index >= 15 is 0 Å². The molecule has 1 rings (SSSR count). The molecule has 92 valence electrons. The van der Waals surface area contributed by atoms with E-state index in [9.17, 15) is 14.7 Å². The molecule has 0 spiro atoms. The van der Waals surface area contributed by atoms with Crippen molar-refractivity contribution in [1.29, 1.82) is 0 Å². The average Bonchev–Trinajstić information content (AvgIpc) is 2.28. The van der Waals surface area contributed by atoms with Crippen LogP contribution >= 0.6 is 0 Å². The number of carbonyl (C=O) groups excluding carboxylic acids is 1. The van der Waals surface area contributed by atoms with Crippen LogP contribution in [-0.4, -0.2) is 45.2 Å². The predicted octanol–water partition coefficient (Wildman–Crippen LogP) is 0.644. The van der Waals surface area contributed by atoms with Crippen LogP contribution in [0.4, 0.5) is 0 Å². The van der Waals surface area contributed by atoms with Gasteiger partial charge in [0.15, 0.2) is 11.5 Å². The van der Waals surface area contributed by atoms with Crippen LogP contribution in [0.5, 0.6) is 11.5 Å². The molecule has 17 heavy (non-hydrogen) atoms.